The Bertz CT molecular complexity index is 1010. The Labute approximate surface area is 161 Å². The first-order chi connectivity index (χ1) is 13.5. The highest BCUT2D eigenvalue weighted by Gasteiger charge is 2.34. The first kappa shape index (κ1) is 17.9. The van der Waals surface area contributed by atoms with Gasteiger partial charge in [0.25, 0.3) is 5.91 Å². The highest BCUT2D eigenvalue weighted by atomic mass is 16.2. The largest absolute Gasteiger partial charge is 0.340 e. The zero-order chi connectivity index (χ0) is 19.7. The molecule has 1 aliphatic heterocycles. The van der Waals surface area contributed by atoms with Gasteiger partial charge >= 0.3 is 0 Å². The van der Waals surface area contributed by atoms with Crippen molar-refractivity contribution in [3.63, 3.8) is 0 Å². The third-order valence-electron chi connectivity index (χ3n) is 4.79. The molecule has 3 aromatic rings. The van der Waals surface area contributed by atoms with E-state index < -0.39 is 6.04 Å². The van der Waals surface area contributed by atoms with Gasteiger partial charge in [0.05, 0.1) is 11.9 Å². The van der Waals surface area contributed by atoms with Crippen molar-refractivity contribution in [2.24, 2.45) is 7.05 Å². The summed E-state index contributed by atoms with van der Waals surface area (Å²) in [5, 5.41) is 14.0. The molecule has 0 radical (unpaired) electrons. The summed E-state index contributed by atoms with van der Waals surface area (Å²) in [7, 11) is 1.80. The molecule has 0 aliphatic carbocycles. The zero-order valence-electron chi connectivity index (χ0n) is 15.7. The minimum Gasteiger partial charge on any atom is -0.340 e. The van der Waals surface area contributed by atoms with Crippen LogP contribution in [0.3, 0.4) is 0 Å². The molecule has 1 atom stereocenters. The molecule has 1 fully saturated rings. The van der Waals surface area contributed by atoms with Crippen molar-refractivity contribution in [2.75, 3.05) is 11.4 Å². The van der Waals surface area contributed by atoms with Crippen molar-refractivity contribution in [3.05, 3.63) is 48.0 Å². The van der Waals surface area contributed by atoms with Crippen LogP contribution in [0, 0.1) is 0 Å². The summed E-state index contributed by atoms with van der Waals surface area (Å²) in [6, 6.07) is 6.49. The van der Waals surface area contributed by atoms with Gasteiger partial charge in [0.2, 0.25) is 5.91 Å². The second-order valence-electron chi connectivity index (χ2n) is 6.71. The smallest absolute Gasteiger partial charge is 0.251 e. The zero-order valence-corrected chi connectivity index (χ0v) is 15.7. The predicted molar refractivity (Wildman–Crippen MR) is 103 cm³/mol. The van der Waals surface area contributed by atoms with Gasteiger partial charge in [-0.25, -0.2) is 4.98 Å². The monoisotopic (exact) mass is 379 g/mol. The van der Waals surface area contributed by atoms with Gasteiger partial charge in [-0.05, 0) is 18.6 Å². The van der Waals surface area contributed by atoms with E-state index in [-0.39, 0.29) is 11.8 Å². The molecular weight excluding hydrogens is 358 g/mol. The Hall–Kier alpha value is -3.49. The van der Waals surface area contributed by atoms with Gasteiger partial charge in [-0.15, -0.1) is 0 Å². The number of rotatable bonds is 5. The molecule has 9 heteroatoms. The summed E-state index contributed by atoms with van der Waals surface area (Å²) in [5.41, 5.74) is 2.06. The first-order valence-corrected chi connectivity index (χ1v) is 9.17. The molecular formula is C19H21N7O2. The number of aromatic amines is 1. The molecule has 2 N–H and O–H groups in total. The van der Waals surface area contributed by atoms with Gasteiger partial charge < -0.3 is 10.2 Å². The molecule has 1 unspecified atom stereocenters. The average Bonchev–Trinajstić information content (AvgIpc) is 3.43. The molecule has 0 spiro atoms. The quantitative estimate of drug-likeness (QED) is 0.695. The second kappa shape index (κ2) is 7.26. The number of aromatic nitrogens is 5. The van der Waals surface area contributed by atoms with Crippen molar-refractivity contribution in [1.82, 2.24) is 30.3 Å². The van der Waals surface area contributed by atoms with E-state index in [1.165, 1.54) is 0 Å². The third-order valence-corrected chi connectivity index (χ3v) is 4.79. The normalized spacial score (nSPS) is 16.6. The molecule has 2 aromatic heterocycles. The fraction of sp³-hybridized carbons (Fsp3) is 0.316. The van der Waals surface area contributed by atoms with Gasteiger partial charge in [0.1, 0.15) is 11.9 Å². The van der Waals surface area contributed by atoms with Crippen LogP contribution in [-0.4, -0.2) is 49.4 Å². The number of H-pyrrole nitrogens is 1. The van der Waals surface area contributed by atoms with Crippen LogP contribution in [0.5, 0.6) is 0 Å². The van der Waals surface area contributed by atoms with Gasteiger partial charge in [-0.1, -0.05) is 19.1 Å². The molecule has 144 valence electrons. The van der Waals surface area contributed by atoms with Crippen LogP contribution in [0.2, 0.25) is 0 Å². The van der Waals surface area contributed by atoms with E-state index in [4.69, 9.17) is 0 Å². The fourth-order valence-electron chi connectivity index (χ4n) is 3.21. The first-order valence-electron chi connectivity index (χ1n) is 9.17. The number of benzene rings is 1. The van der Waals surface area contributed by atoms with E-state index >= 15 is 0 Å². The molecule has 4 rings (SSSR count). The Morgan fingerprint density at radius 2 is 2.11 bits per heavy atom. The molecule has 1 saturated heterocycles. The number of nitrogens with one attached hydrogen (secondary N) is 2. The highest BCUT2D eigenvalue weighted by Crippen LogP contribution is 2.21. The summed E-state index contributed by atoms with van der Waals surface area (Å²) in [5.74, 6) is 1.02. The number of amides is 2. The van der Waals surface area contributed by atoms with Crippen molar-refractivity contribution < 1.29 is 9.59 Å². The number of anilines is 1. The van der Waals surface area contributed by atoms with Crippen LogP contribution in [0.15, 0.2) is 36.7 Å². The van der Waals surface area contributed by atoms with Gasteiger partial charge in [0, 0.05) is 37.3 Å². The minimum absolute atomic E-state index is 0.120. The maximum Gasteiger partial charge on any atom is 0.251 e. The molecule has 9 nitrogen and oxygen atoms in total. The van der Waals surface area contributed by atoms with E-state index in [0.29, 0.717) is 24.4 Å². The summed E-state index contributed by atoms with van der Waals surface area (Å²) in [6.45, 7) is 2.55. The van der Waals surface area contributed by atoms with Gasteiger partial charge in [0.15, 0.2) is 5.82 Å². The number of hydrogen-bond donors (Lipinski definition) is 2. The summed E-state index contributed by atoms with van der Waals surface area (Å²) < 4.78 is 1.65. The lowest BCUT2D eigenvalue weighted by atomic mass is 10.1. The summed E-state index contributed by atoms with van der Waals surface area (Å²) in [4.78, 5) is 31.2. The Balaban J connectivity index is 1.41. The number of aryl methyl sites for hydroxylation is 2. The molecule has 2 amide bonds. The van der Waals surface area contributed by atoms with Crippen molar-refractivity contribution in [3.8, 4) is 11.4 Å². The van der Waals surface area contributed by atoms with Crippen molar-refractivity contribution in [1.29, 1.82) is 0 Å². The van der Waals surface area contributed by atoms with Crippen LogP contribution >= 0.6 is 0 Å². The highest BCUT2D eigenvalue weighted by molar-refractivity contribution is 6.03. The van der Waals surface area contributed by atoms with E-state index in [1.807, 2.05) is 6.92 Å². The van der Waals surface area contributed by atoms with Crippen LogP contribution in [-0.2, 0) is 18.3 Å². The Kier molecular flexibility index (Phi) is 4.64. The van der Waals surface area contributed by atoms with Crippen molar-refractivity contribution in [2.45, 2.75) is 25.8 Å². The number of carbonyl (C=O) groups excluding carboxylic acids is 2. The maximum absolute atomic E-state index is 12.6. The maximum atomic E-state index is 12.6. The second-order valence-corrected chi connectivity index (χ2v) is 6.71. The lowest BCUT2D eigenvalue weighted by Gasteiger charge is -2.15. The van der Waals surface area contributed by atoms with E-state index in [9.17, 15) is 9.59 Å². The van der Waals surface area contributed by atoms with Crippen LogP contribution < -0.4 is 10.2 Å². The van der Waals surface area contributed by atoms with E-state index in [0.717, 1.165) is 23.5 Å². The SMILES string of the molecule is CCc1nc(-c2ccc(C(=O)NC3CCN(c4cnn(C)c4)C3=O)cc2)n[nH]1. The van der Waals surface area contributed by atoms with E-state index in [2.05, 4.69) is 25.6 Å². The Morgan fingerprint density at radius 3 is 2.75 bits per heavy atom. The molecule has 3 heterocycles. The number of nitrogens with zero attached hydrogens (tertiary/aromatic N) is 5. The molecule has 28 heavy (non-hydrogen) atoms. The number of carbonyl (C=O) groups is 2. The lowest BCUT2D eigenvalue weighted by molar-refractivity contribution is -0.118. The minimum atomic E-state index is -0.535. The summed E-state index contributed by atoms with van der Waals surface area (Å²) in [6.07, 6.45) is 4.77. The van der Waals surface area contributed by atoms with Crippen LogP contribution in [0.25, 0.3) is 11.4 Å². The Morgan fingerprint density at radius 1 is 1.32 bits per heavy atom. The predicted octanol–water partition coefficient (Wildman–Crippen LogP) is 1.30. The molecule has 0 bridgehead atoms. The molecule has 1 aliphatic rings. The lowest BCUT2D eigenvalue weighted by Crippen LogP contribution is -2.41. The molecule has 0 saturated carbocycles. The van der Waals surface area contributed by atoms with Crippen molar-refractivity contribution >= 4 is 17.5 Å². The van der Waals surface area contributed by atoms with Gasteiger partial charge in [-0.2, -0.15) is 10.2 Å². The average molecular weight is 379 g/mol. The van der Waals surface area contributed by atoms with Crippen LogP contribution in [0.4, 0.5) is 5.69 Å². The summed E-state index contributed by atoms with van der Waals surface area (Å²) >= 11 is 0. The standard InChI is InChI=1S/C19H21N7O2/c1-3-16-22-17(24-23-16)12-4-6-13(7-5-12)18(27)21-15-8-9-26(19(15)28)14-10-20-25(2)11-14/h4-7,10-11,15H,3,8-9H2,1-2H3,(H,21,27)(H,22,23,24). The van der Waals surface area contributed by atoms with Gasteiger partial charge in [-0.3, -0.25) is 19.4 Å². The van der Waals surface area contributed by atoms with E-state index in [1.54, 1.807) is 53.3 Å². The fourth-order valence-corrected chi connectivity index (χ4v) is 3.21. The topological polar surface area (TPSA) is 109 Å². The molecule has 1 aromatic carbocycles. The van der Waals surface area contributed by atoms with Crippen LogP contribution in [0.1, 0.15) is 29.5 Å². The third kappa shape index (κ3) is 3.38. The number of hydrogen-bond acceptors (Lipinski definition) is 5.